The van der Waals surface area contributed by atoms with E-state index >= 15 is 0 Å². The van der Waals surface area contributed by atoms with Crippen LogP contribution in [0.2, 0.25) is 0 Å². The third-order valence-corrected chi connectivity index (χ3v) is 2.82. The van der Waals surface area contributed by atoms with E-state index in [0.717, 1.165) is 11.3 Å². The van der Waals surface area contributed by atoms with Gasteiger partial charge in [-0.15, -0.1) is 0 Å². The minimum atomic E-state index is -0.182. The second kappa shape index (κ2) is 6.37. The molecular weight excluding hydrogens is 255 g/mol. The highest BCUT2D eigenvalue weighted by Crippen LogP contribution is 2.22. The smallest absolute Gasteiger partial charge is 0.237 e. The number of halogens is 1. The van der Waals surface area contributed by atoms with E-state index in [1.807, 2.05) is 32.0 Å². The normalized spacial score (nSPS) is 10.7. The van der Waals surface area contributed by atoms with E-state index in [9.17, 15) is 4.39 Å². The lowest BCUT2D eigenvalue weighted by atomic mass is 10.1. The summed E-state index contributed by atoms with van der Waals surface area (Å²) in [5, 5.41) is 3.27. The number of ether oxygens (including phenoxy) is 1. The fourth-order valence-electron chi connectivity index (χ4n) is 1.86. The van der Waals surface area contributed by atoms with Crippen molar-refractivity contribution in [3.05, 3.63) is 53.5 Å². The van der Waals surface area contributed by atoms with Gasteiger partial charge in [-0.25, -0.2) is 9.37 Å². The Morgan fingerprint density at radius 2 is 2.10 bits per heavy atom. The number of hydrogen-bond acceptors (Lipinski definition) is 3. The zero-order valence-electron chi connectivity index (χ0n) is 12.0. The number of aromatic nitrogens is 1. The maximum absolute atomic E-state index is 13.2. The summed E-state index contributed by atoms with van der Waals surface area (Å²) in [5.74, 6) is 0.403. The van der Waals surface area contributed by atoms with Gasteiger partial charge >= 0.3 is 0 Å². The van der Waals surface area contributed by atoms with E-state index in [0.29, 0.717) is 18.0 Å². The van der Waals surface area contributed by atoms with Gasteiger partial charge in [-0.1, -0.05) is 12.1 Å². The van der Waals surface area contributed by atoms with Crippen LogP contribution in [0.15, 0.2) is 36.5 Å². The van der Waals surface area contributed by atoms with Crippen molar-refractivity contribution in [2.24, 2.45) is 0 Å². The summed E-state index contributed by atoms with van der Waals surface area (Å²) < 4.78 is 18.9. The van der Waals surface area contributed by atoms with Crippen molar-refractivity contribution in [1.82, 2.24) is 4.98 Å². The number of rotatable bonds is 5. The first-order chi connectivity index (χ1) is 9.56. The molecule has 1 aromatic heterocycles. The number of pyridine rings is 1. The lowest BCUT2D eigenvalue weighted by molar-refractivity contribution is 0.234. The van der Waals surface area contributed by atoms with Crippen LogP contribution in [0.4, 0.5) is 10.1 Å². The maximum atomic E-state index is 13.2. The van der Waals surface area contributed by atoms with Gasteiger partial charge in [0.1, 0.15) is 5.82 Å². The molecule has 1 heterocycles. The average Bonchev–Trinajstić information content (AvgIpc) is 2.41. The Labute approximate surface area is 118 Å². The van der Waals surface area contributed by atoms with Crippen molar-refractivity contribution >= 4 is 5.69 Å². The predicted octanol–water partition coefficient (Wildman–Crippen LogP) is 3.93. The monoisotopic (exact) mass is 274 g/mol. The van der Waals surface area contributed by atoms with Crippen LogP contribution in [0.3, 0.4) is 0 Å². The Kier molecular flexibility index (Phi) is 4.56. The van der Waals surface area contributed by atoms with Crippen molar-refractivity contribution < 1.29 is 9.13 Å². The molecule has 0 amide bonds. The minimum Gasteiger partial charge on any atom is -0.473 e. The molecule has 0 atom stereocenters. The molecule has 106 valence electrons. The van der Waals surface area contributed by atoms with Crippen LogP contribution < -0.4 is 10.1 Å². The first kappa shape index (κ1) is 14.3. The van der Waals surface area contributed by atoms with Gasteiger partial charge in [-0.2, -0.15) is 0 Å². The van der Waals surface area contributed by atoms with Gasteiger partial charge < -0.3 is 10.1 Å². The lowest BCUT2D eigenvalue weighted by Crippen LogP contribution is -2.10. The molecule has 0 aliphatic carbocycles. The molecule has 0 fully saturated rings. The highest BCUT2D eigenvalue weighted by atomic mass is 19.1. The molecule has 2 rings (SSSR count). The molecule has 0 saturated carbocycles. The summed E-state index contributed by atoms with van der Waals surface area (Å²) in [5.41, 5.74) is 2.50. The zero-order chi connectivity index (χ0) is 14.5. The average molecular weight is 274 g/mol. The molecule has 0 spiro atoms. The Morgan fingerprint density at radius 1 is 1.30 bits per heavy atom. The summed E-state index contributed by atoms with van der Waals surface area (Å²) in [7, 11) is 0. The summed E-state index contributed by atoms with van der Waals surface area (Å²) in [6.45, 7) is 6.28. The highest BCUT2D eigenvalue weighted by Gasteiger charge is 2.06. The van der Waals surface area contributed by atoms with Gasteiger partial charge in [0.05, 0.1) is 11.8 Å². The number of benzene rings is 1. The maximum Gasteiger partial charge on any atom is 0.237 e. The van der Waals surface area contributed by atoms with Crippen molar-refractivity contribution in [2.75, 3.05) is 5.32 Å². The highest BCUT2D eigenvalue weighted by molar-refractivity contribution is 5.52. The Balaban J connectivity index is 2.08. The summed E-state index contributed by atoms with van der Waals surface area (Å²) in [6, 6.07) is 8.87. The molecule has 1 aromatic carbocycles. The molecule has 2 aromatic rings. The van der Waals surface area contributed by atoms with Crippen molar-refractivity contribution in [3.63, 3.8) is 0 Å². The molecule has 0 aliphatic heterocycles. The number of anilines is 1. The van der Waals surface area contributed by atoms with E-state index in [2.05, 4.69) is 10.3 Å². The molecule has 1 N–H and O–H groups in total. The topological polar surface area (TPSA) is 34.2 Å². The van der Waals surface area contributed by atoms with E-state index in [1.54, 1.807) is 19.2 Å². The quantitative estimate of drug-likeness (QED) is 0.897. The molecule has 0 radical (unpaired) electrons. The Hall–Kier alpha value is -2.10. The van der Waals surface area contributed by atoms with E-state index in [-0.39, 0.29) is 11.9 Å². The molecule has 0 unspecified atom stereocenters. The van der Waals surface area contributed by atoms with Crippen LogP contribution in [0.25, 0.3) is 0 Å². The fraction of sp³-hybridized carbons (Fsp3) is 0.312. The first-order valence-electron chi connectivity index (χ1n) is 6.67. The van der Waals surface area contributed by atoms with Crippen LogP contribution in [-0.2, 0) is 6.54 Å². The molecule has 20 heavy (non-hydrogen) atoms. The van der Waals surface area contributed by atoms with E-state index < -0.39 is 0 Å². The first-order valence-corrected chi connectivity index (χ1v) is 6.67. The van der Waals surface area contributed by atoms with Crippen LogP contribution in [0, 0.1) is 12.7 Å². The van der Waals surface area contributed by atoms with E-state index in [1.165, 1.54) is 6.07 Å². The number of nitrogens with one attached hydrogen (secondary N) is 1. The SMILES string of the molecule is Cc1cc(CNc2cccnc2OC(C)C)ccc1F. The number of hydrogen-bond donors (Lipinski definition) is 1. The van der Waals surface area contributed by atoms with Crippen LogP contribution in [-0.4, -0.2) is 11.1 Å². The van der Waals surface area contributed by atoms with Gasteiger partial charge in [-0.3, -0.25) is 0 Å². The summed E-state index contributed by atoms with van der Waals surface area (Å²) >= 11 is 0. The molecule has 3 nitrogen and oxygen atoms in total. The summed E-state index contributed by atoms with van der Waals surface area (Å²) in [6.07, 6.45) is 1.77. The van der Waals surface area contributed by atoms with Gasteiger partial charge in [0.15, 0.2) is 0 Å². The predicted molar refractivity (Wildman–Crippen MR) is 78.5 cm³/mol. The third kappa shape index (κ3) is 3.70. The standard InChI is InChI=1S/C16H19FN2O/c1-11(2)20-16-15(5-4-8-18-16)19-10-13-6-7-14(17)12(3)9-13/h4-9,11,19H,10H2,1-3H3. The van der Waals surface area contributed by atoms with Crippen molar-refractivity contribution in [3.8, 4) is 5.88 Å². The third-order valence-electron chi connectivity index (χ3n) is 2.82. The zero-order valence-corrected chi connectivity index (χ0v) is 12.0. The largest absolute Gasteiger partial charge is 0.473 e. The lowest BCUT2D eigenvalue weighted by Gasteiger charge is -2.14. The minimum absolute atomic E-state index is 0.0681. The van der Waals surface area contributed by atoms with Crippen molar-refractivity contribution in [2.45, 2.75) is 33.4 Å². The van der Waals surface area contributed by atoms with Gasteiger partial charge in [-0.05, 0) is 50.1 Å². The van der Waals surface area contributed by atoms with Crippen LogP contribution >= 0.6 is 0 Å². The summed E-state index contributed by atoms with van der Waals surface area (Å²) in [4.78, 5) is 4.22. The number of aryl methyl sites for hydroxylation is 1. The second-order valence-electron chi connectivity index (χ2n) is 4.96. The fourth-order valence-corrected chi connectivity index (χ4v) is 1.86. The van der Waals surface area contributed by atoms with Crippen LogP contribution in [0.5, 0.6) is 5.88 Å². The number of nitrogens with zero attached hydrogens (tertiary/aromatic N) is 1. The molecule has 0 bridgehead atoms. The van der Waals surface area contributed by atoms with E-state index in [4.69, 9.17) is 4.74 Å². The Bertz CT molecular complexity index is 584. The molecular formula is C16H19FN2O. The van der Waals surface area contributed by atoms with Crippen molar-refractivity contribution in [1.29, 1.82) is 0 Å². The van der Waals surface area contributed by atoms with Gasteiger partial charge in [0.2, 0.25) is 5.88 Å². The molecule has 0 aliphatic rings. The molecule has 4 heteroatoms. The van der Waals surface area contributed by atoms with Crippen LogP contribution in [0.1, 0.15) is 25.0 Å². The van der Waals surface area contributed by atoms with Gasteiger partial charge in [0, 0.05) is 12.7 Å². The molecule has 0 saturated heterocycles. The Morgan fingerprint density at radius 3 is 2.80 bits per heavy atom. The van der Waals surface area contributed by atoms with Gasteiger partial charge in [0.25, 0.3) is 0 Å². The second-order valence-corrected chi connectivity index (χ2v) is 4.96.